The predicted molar refractivity (Wildman–Crippen MR) is 142 cm³/mol. The lowest BCUT2D eigenvalue weighted by Crippen LogP contribution is -2.42. The van der Waals surface area contributed by atoms with Gasteiger partial charge in [-0.25, -0.2) is 23.1 Å². The summed E-state index contributed by atoms with van der Waals surface area (Å²) in [5, 5.41) is 13.5. The van der Waals surface area contributed by atoms with E-state index in [1.54, 1.807) is 30.3 Å². The molecule has 10 nitrogen and oxygen atoms in total. The number of hydrogen-bond donors (Lipinski definition) is 2. The number of aliphatic hydroxyl groups excluding tert-OH is 1. The van der Waals surface area contributed by atoms with Crippen LogP contribution in [0.15, 0.2) is 30.3 Å². The summed E-state index contributed by atoms with van der Waals surface area (Å²) in [7, 11) is 0. The standard InChI is InChI=1S/C27H34F3N7O3/c28-14-19-16-36(27(38)40-19)18-7-5-17(6-8-18)15-31-26-33-22(35-9-11-39-12-10-35)13-23(34-26)37-21-4-2-1-3-20(21)32-25(37)24(29)30/h1-4,13,17-19,24,27,38H,5-12,14-16H2,(H,31,33,34). The van der Waals surface area contributed by atoms with E-state index in [1.807, 2.05) is 4.90 Å². The highest BCUT2D eigenvalue weighted by Crippen LogP contribution is 2.32. The first-order valence-electron chi connectivity index (χ1n) is 13.9. The first-order valence-corrected chi connectivity index (χ1v) is 13.9. The molecule has 2 aliphatic heterocycles. The number of halogens is 3. The summed E-state index contributed by atoms with van der Waals surface area (Å²) in [6.07, 6.45) is -0.835. The number of nitrogens with one attached hydrogen (secondary N) is 1. The Morgan fingerprint density at radius 1 is 1.02 bits per heavy atom. The Labute approximate surface area is 230 Å². The maximum absolute atomic E-state index is 14.1. The first kappa shape index (κ1) is 27.2. The summed E-state index contributed by atoms with van der Waals surface area (Å²) < 4.78 is 53.4. The van der Waals surface area contributed by atoms with Crippen molar-refractivity contribution in [3.63, 3.8) is 0 Å². The molecule has 6 rings (SSSR count). The molecule has 0 radical (unpaired) electrons. The summed E-state index contributed by atoms with van der Waals surface area (Å²) in [6, 6.07) is 8.91. The van der Waals surface area contributed by atoms with E-state index in [0.717, 1.165) is 25.7 Å². The molecule has 1 aromatic carbocycles. The number of imidazole rings is 1. The zero-order chi connectivity index (χ0) is 27.6. The monoisotopic (exact) mass is 561 g/mol. The highest BCUT2D eigenvalue weighted by molar-refractivity contribution is 5.78. The third-order valence-corrected chi connectivity index (χ3v) is 8.06. The lowest BCUT2D eigenvalue weighted by molar-refractivity contribution is -0.164. The summed E-state index contributed by atoms with van der Waals surface area (Å²) in [6.45, 7) is 2.82. The van der Waals surface area contributed by atoms with E-state index in [2.05, 4.69) is 20.2 Å². The molecular weight excluding hydrogens is 527 g/mol. The third-order valence-electron chi connectivity index (χ3n) is 8.06. The van der Waals surface area contributed by atoms with Crippen LogP contribution in [0.3, 0.4) is 0 Å². The quantitative estimate of drug-likeness (QED) is 0.428. The normalized spacial score (nSPS) is 26.2. The third kappa shape index (κ3) is 5.60. The van der Waals surface area contributed by atoms with Crippen molar-refractivity contribution < 1.29 is 27.8 Å². The minimum absolute atomic E-state index is 0.151. The van der Waals surface area contributed by atoms with E-state index in [4.69, 9.17) is 14.5 Å². The fraction of sp³-hybridized carbons (Fsp3) is 0.593. The molecule has 0 spiro atoms. The number of alkyl halides is 3. The number of nitrogens with zero attached hydrogens (tertiary/aromatic N) is 6. The number of aromatic nitrogens is 4. The molecule has 40 heavy (non-hydrogen) atoms. The molecule has 1 saturated carbocycles. The SMILES string of the molecule is OC1OC(CF)CN1C1CCC(CNc2nc(N3CCOCC3)cc(-n3c(C(F)F)nc4ccccc43)n2)CC1. The van der Waals surface area contributed by atoms with Crippen molar-refractivity contribution in [1.29, 1.82) is 0 Å². The van der Waals surface area contributed by atoms with Gasteiger partial charge in [-0.3, -0.25) is 4.57 Å². The molecule has 2 unspecified atom stereocenters. The smallest absolute Gasteiger partial charge is 0.296 e. The minimum atomic E-state index is -2.78. The highest BCUT2D eigenvalue weighted by Gasteiger charge is 2.37. The van der Waals surface area contributed by atoms with Gasteiger partial charge in [0.15, 0.2) is 5.82 Å². The van der Waals surface area contributed by atoms with Crippen LogP contribution in [0.25, 0.3) is 16.9 Å². The summed E-state index contributed by atoms with van der Waals surface area (Å²) in [5.74, 6) is 1.33. The minimum Gasteiger partial charge on any atom is -0.378 e. The molecule has 13 heteroatoms. The summed E-state index contributed by atoms with van der Waals surface area (Å²) in [4.78, 5) is 17.5. The van der Waals surface area contributed by atoms with Gasteiger partial charge in [-0.1, -0.05) is 12.1 Å². The van der Waals surface area contributed by atoms with Crippen molar-refractivity contribution in [3.05, 3.63) is 36.2 Å². The van der Waals surface area contributed by atoms with Crippen molar-refractivity contribution in [2.45, 2.75) is 50.7 Å². The average Bonchev–Trinajstić information content (AvgIpc) is 3.57. The molecule has 3 fully saturated rings. The fourth-order valence-corrected chi connectivity index (χ4v) is 5.95. The molecule has 0 bridgehead atoms. The summed E-state index contributed by atoms with van der Waals surface area (Å²) >= 11 is 0. The average molecular weight is 562 g/mol. The van der Waals surface area contributed by atoms with E-state index in [1.165, 1.54) is 4.57 Å². The molecule has 2 aromatic heterocycles. The number of fused-ring (bicyclic) bond motifs is 1. The van der Waals surface area contributed by atoms with Gasteiger partial charge >= 0.3 is 0 Å². The molecule has 2 saturated heterocycles. The number of hydrogen-bond acceptors (Lipinski definition) is 9. The number of para-hydroxylation sites is 2. The summed E-state index contributed by atoms with van der Waals surface area (Å²) in [5.41, 5.74) is 1.03. The van der Waals surface area contributed by atoms with Gasteiger partial charge in [0.25, 0.3) is 6.43 Å². The second kappa shape index (κ2) is 11.9. The number of aliphatic hydroxyl groups is 1. The Morgan fingerprint density at radius 3 is 2.50 bits per heavy atom. The maximum atomic E-state index is 14.1. The number of rotatable bonds is 8. The second-order valence-electron chi connectivity index (χ2n) is 10.6. The molecular formula is C27H34F3N7O3. The van der Waals surface area contributed by atoms with Gasteiger partial charge in [0, 0.05) is 38.3 Å². The van der Waals surface area contributed by atoms with Crippen molar-refractivity contribution in [1.82, 2.24) is 24.4 Å². The maximum Gasteiger partial charge on any atom is 0.296 e. The number of morpholine rings is 1. The van der Waals surface area contributed by atoms with Crippen LogP contribution < -0.4 is 10.2 Å². The van der Waals surface area contributed by atoms with Crippen LogP contribution in [0.4, 0.5) is 24.9 Å². The van der Waals surface area contributed by atoms with Crippen molar-refractivity contribution in [3.8, 4) is 5.82 Å². The number of ether oxygens (including phenoxy) is 2. The Morgan fingerprint density at radius 2 is 1.77 bits per heavy atom. The van der Waals surface area contributed by atoms with Gasteiger partial charge in [0.05, 0.1) is 24.2 Å². The fourth-order valence-electron chi connectivity index (χ4n) is 5.95. The van der Waals surface area contributed by atoms with Gasteiger partial charge in [-0.15, -0.1) is 0 Å². The topological polar surface area (TPSA) is 101 Å². The Bertz CT molecular complexity index is 1300. The zero-order valence-electron chi connectivity index (χ0n) is 22.1. The van der Waals surface area contributed by atoms with Gasteiger partial charge in [0.2, 0.25) is 12.4 Å². The Kier molecular flexibility index (Phi) is 8.05. The van der Waals surface area contributed by atoms with Crippen molar-refractivity contribution >= 4 is 22.8 Å². The van der Waals surface area contributed by atoms with Crippen LogP contribution in [0.2, 0.25) is 0 Å². The highest BCUT2D eigenvalue weighted by atomic mass is 19.3. The van der Waals surface area contributed by atoms with Crippen molar-refractivity contribution in [2.24, 2.45) is 5.92 Å². The molecule has 4 heterocycles. The zero-order valence-corrected chi connectivity index (χ0v) is 22.1. The predicted octanol–water partition coefficient (Wildman–Crippen LogP) is 3.51. The van der Waals surface area contributed by atoms with Gasteiger partial charge in [0.1, 0.15) is 24.4 Å². The van der Waals surface area contributed by atoms with Crippen LogP contribution >= 0.6 is 0 Å². The molecule has 3 aromatic rings. The van der Waals surface area contributed by atoms with Crippen LogP contribution in [0, 0.1) is 5.92 Å². The van der Waals surface area contributed by atoms with Crippen molar-refractivity contribution in [2.75, 3.05) is 56.3 Å². The molecule has 2 N–H and O–H groups in total. The van der Waals surface area contributed by atoms with E-state index in [9.17, 15) is 18.3 Å². The van der Waals surface area contributed by atoms with Crippen LogP contribution in [-0.4, -0.2) is 94.2 Å². The first-order chi connectivity index (χ1) is 19.5. The largest absolute Gasteiger partial charge is 0.378 e. The van der Waals surface area contributed by atoms with E-state index >= 15 is 0 Å². The van der Waals surface area contributed by atoms with E-state index in [0.29, 0.717) is 73.9 Å². The molecule has 216 valence electrons. The Balaban J connectivity index is 1.21. The van der Waals surface area contributed by atoms with Gasteiger partial charge < -0.3 is 24.8 Å². The van der Waals surface area contributed by atoms with Crippen LogP contribution in [0.1, 0.15) is 37.9 Å². The molecule has 1 aliphatic carbocycles. The molecule has 2 atom stereocenters. The van der Waals surface area contributed by atoms with Gasteiger partial charge in [-0.05, 0) is 43.7 Å². The number of benzene rings is 1. The molecule has 0 amide bonds. The Hall–Kier alpha value is -3.00. The van der Waals surface area contributed by atoms with E-state index < -0.39 is 25.6 Å². The van der Waals surface area contributed by atoms with Crippen LogP contribution in [0.5, 0.6) is 0 Å². The van der Waals surface area contributed by atoms with E-state index in [-0.39, 0.29) is 11.9 Å². The van der Waals surface area contributed by atoms with Gasteiger partial charge in [-0.2, -0.15) is 9.97 Å². The lowest BCUT2D eigenvalue weighted by Gasteiger charge is -2.35. The number of anilines is 2. The van der Waals surface area contributed by atoms with Crippen LogP contribution in [-0.2, 0) is 9.47 Å². The molecule has 3 aliphatic rings. The second-order valence-corrected chi connectivity index (χ2v) is 10.6. The lowest BCUT2D eigenvalue weighted by atomic mass is 9.85.